The first-order chi connectivity index (χ1) is 15.9. The third kappa shape index (κ3) is 3.52. The lowest BCUT2D eigenvalue weighted by molar-refractivity contribution is -0.144. The largest absolute Gasteiger partial charge is 0.481 e. The number of hydrogen-bond donors (Lipinski definition) is 2. The van der Waals surface area contributed by atoms with Crippen molar-refractivity contribution in [1.29, 1.82) is 0 Å². The molecule has 2 amide bonds. The summed E-state index contributed by atoms with van der Waals surface area (Å²) in [7, 11) is 0. The van der Waals surface area contributed by atoms with Crippen LogP contribution < -0.4 is 5.32 Å². The minimum Gasteiger partial charge on any atom is -0.481 e. The van der Waals surface area contributed by atoms with Crippen LogP contribution in [0.5, 0.6) is 0 Å². The Morgan fingerprint density at radius 2 is 1.79 bits per heavy atom. The van der Waals surface area contributed by atoms with Crippen LogP contribution in [0.25, 0.3) is 11.1 Å². The van der Waals surface area contributed by atoms with Gasteiger partial charge in [-0.25, -0.2) is 4.79 Å². The number of piperidine rings is 1. The molecule has 3 unspecified atom stereocenters. The summed E-state index contributed by atoms with van der Waals surface area (Å²) in [6, 6.07) is 15.1. The van der Waals surface area contributed by atoms with Crippen molar-refractivity contribution in [3.8, 4) is 23.5 Å². The molecule has 0 bridgehead atoms. The number of fused-ring (bicyclic) bond motifs is 4. The Balaban J connectivity index is 1.23. The van der Waals surface area contributed by atoms with Crippen molar-refractivity contribution in [3.63, 3.8) is 0 Å². The fraction of sp³-hybridized carbons (Fsp3) is 0.346. The Morgan fingerprint density at radius 3 is 2.36 bits per heavy atom. The number of likely N-dealkylation sites (tertiary alicyclic amines) is 1. The lowest BCUT2D eigenvalue weighted by Gasteiger charge is -2.25. The van der Waals surface area contributed by atoms with E-state index in [1.165, 1.54) is 4.90 Å². The lowest BCUT2D eigenvalue weighted by Crippen LogP contribution is -2.49. The van der Waals surface area contributed by atoms with E-state index in [1.54, 1.807) is 0 Å². The fourth-order valence-electron chi connectivity index (χ4n) is 5.30. The summed E-state index contributed by atoms with van der Waals surface area (Å²) in [5.74, 6) is 1.06. The molecule has 168 valence electrons. The first-order valence-electron chi connectivity index (χ1n) is 11.0. The van der Waals surface area contributed by atoms with Gasteiger partial charge in [-0.1, -0.05) is 48.5 Å². The molecule has 33 heavy (non-hydrogen) atoms. The number of hydrogen-bond acceptors (Lipinski definition) is 4. The average Bonchev–Trinajstić information content (AvgIpc) is 3.25. The zero-order valence-electron chi connectivity index (χ0n) is 18.0. The Labute approximate surface area is 191 Å². The molecule has 1 saturated carbocycles. The molecule has 2 aromatic carbocycles. The smallest absolute Gasteiger partial charge is 0.407 e. The number of terminal acetylenes is 1. The number of carboxylic acid groups (broad SMARTS) is 1. The molecule has 3 aliphatic rings. The minimum absolute atomic E-state index is 0.00423. The van der Waals surface area contributed by atoms with Gasteiger partial charge in [-0.05, 0) is 34.6 Å². The maximum absolute atomic E-state index is 13.0. The van der Waals surface area contributed by atoms with Crippen molar-refractivity contribution >= 4 is 18.0 Å². The Bertz CT molecular complexity index is 1140. The summed E-state index contributed by atoms with van der Waals surface area (Å²) in [5, 5.41) is 12.0. The number of carboxylic acids is 1. The van der Waals surface area contributed by atoms with Gasteiger partial charge in [0, 0.05) is 25.4 Å². The maximum Gasteiger partial charge on any atom is 0.407 e. The summed E-state index contributed by atoms with van der Waals surface area (Å²) >= 11 is 0. The quantitative estimate of drug-likeness (QED) is 0.668. The van der Waals surface area contributed by atoms with Crippen LogP contribution in [0.1, 0.15) is 29.9 Å². The highest BCUT2D eigenvalue weighted by Gasteiger charge is 2.66. The van der Waals surface area contributed by atoms with Crippen LogP contribution in [0, 0.1) is 23.7 Å². The van der Waals surface area contributed by atoms with Crippen molar-refractivity contribution in [2.24, 2.45) is 11.3 Å². The van der Waals surface area contributed by atoms with Gasteiger partial charge in [-0.3, -0.25) is 9.59 Å². The molecule has 5 rings (SSSR count). The topological polar surface area (TPSA) is 95.9 Å². The Hall–Kier alpha value is -3.79. The van der Waals surface area contributed by atoms with Gasteiger partial charge < -0.3 is 20.1 Å². The third-order valence-corrected chi connectivity index (χ3v) is 7.14. The molecule has 2 fully saturated rings. The summed E-state index contributed by atoms with van der Waals surface area (Å²) in [4.78, 5) is 38.6. The number of amides is 2. The summed E-state index contributed by atoms with van der Waals surface area (Å²) < 4.78 is 5.53. The molecule has 0 aromatic heterocycles. The molecule has 7 heteroatoms. The van der Waals surface area contributed by atoms with E-state index in [0.717, 1.165) is 22.3 Å². The predicted octanol–water partition coefficient (Wildman–Crippen LogP) is 2.85. The molecule has 1 saturated heterocycles. The number of carbonyl (C=O) groups excluding carboxylic acids is 2. The molecule has 0 spiro atoms. The average molecular weight is 444 g/mol. The van der Waals surface area contributed by atoms with Crippen molar-refractivity contribution in [3.05, 3.63) is 59.7 Å². The zero-order chi connectivity index (χ0) is 23.2. The van der Waals surface area contributed by atoms with Crippen LogP contribution in [0.3, 0.4) is 0 Å². The molecule has 2 N–H and O–H groups in total. The monoisotopic (exact) mass is 444 g/mol. The number of ether oxygens (including phenoxy) is 1. The van der Waals surface area contributed by atoms with E-state index in [0.29, 0.717) is 13.0 Å². The second-order valence-electron chi connectivity index (χ2n) is 9.01. The van der Waals surface area contributed by atoms with Crippen LogP contribution >= 0.6 is 0 Å². The van der Waals surface area contributed by atoms with Crippen molar-refractivity contribution < 1.29 is 24.2 Å². The number of nitrogens with one attached hydrogen (secondary N) is 1. The first kappa shape index (κ1) is 21.1. The lowest BCUT2D eigenvalue weighted by atomic mass is 9.98. The number of carbonyl (C=O) groups is 3. The van der Waals surface area contributed by atoms with Crippen LogP contribution in [0.4, 0.5) is 4.79 Å². The van der Waals surface area contributed by atoms with Gasteiger partial charge in [-0.15, -0.1) is 12.3 Å². The highest BCUT2D eigenvalue weighted by atomic mass is 16.5. The highest BCUT2D eigenvalue weighted by Crippen LogP contribution is 2.58. The van der Waals surface area contributed by atoms with Gasteiger partial charge in [-0.2, -0.15) is 0 Å². The van der Waals surface area contributed by atoms with Crippen LogP contribution in [0.15, 0.2) is 48.5 Å². The Morgan fingerprint density at radius 1 is 1.15 bits per heavy atom. The van der Waals surface area contributed by atoms with Gasteiger partial charge in [0.25, 0.3) is 0 Å². The van der Waals surface area contributed by atoms with Crippen LogP contribution in [-0.4, -0.2) is 53.7 Å². The van der Waals surface area contributed by atoms with Gasteiger partial charge in [0.15, 0.2) is 0 Å². The number of rotatable bonds is 6. The van der Waals surface area contributed by atoms with E-state index in [2.05, 4.69) is 23.4 Å². The molecular weight excluding hydrogens is 420 g/mol. The molecule has 2 aromatic rings. The molecule has 1 aliphatic heterocycles. The molecule has 3 atom stereocenters. The van der Waals surface area contributed by atoms with E-state index >= 15 is 0 Å². The van der Waals surface area contributed by atoms with Crippen molar-refractivity contribution in [2.45, 2.75) is 24.8 Å². The molecular formula is C26H24N2O5. The number of benzene rings is 2. The summed E-state index contributed by atoms with van der Waals surface area (Å²) in [6.07, 6.45) is 5.30. The number of alkyl carbamates (subject to hydrolysis) is 1. The summed E-state index contributed by atoms with van der Waals surface area (Å²) in [6.45, 7) is 0.655. The van der Waals surface area contributed by atoms with Crippen molar-refractivity contribution in [2.75, 3.05) is 19.7 Å². The molecule has 0 radical (unpaired) electrons. The molecule has 2 aliphatic carbocycles. The van der Waals surface area contributed by atoms with E-state index in [1.807, 2.05) is 36.4 Å². The Kier molecular flexibility index (Phi) is 5.09. The van der Waals surface area contributed by atoms with Crippen molar-refractivity contribution in [1.82, 2.24) is 10.2 Å². The van der Waals surface area contributed by atoms with Crippen LogP contribution in [0.2, 0.25) is 0 Å². The SMILES string of the molecule is C#CCC(NC(=O)OCC1c2ccccc2-c2ccccc21)C(=O)N1CC2CC2(C(=O)O)C1. The van der Waals surface area contributed by atoms with Gasteiger partial charge in [0.05, 0.1) is 5.41 Å². The predicted molar refractivity (Wildman–Crippen MR) is 120 cm³/mol. The fourth-order valence-corrected chi connectivity index (χ4v) is 5.30. The maximum atomic E-state index is 13.0. The molecule has 1 heterocycles. The second kappa shape index (κ2) is 7.96. The summed E-state index contributed by atoms with van der Waals surface area (Å²) in [5.41, 5.74) is 3.61. The first-order valence-corrected chi connectivity index (χ1v) is 11.0. The van der Waals surface area contributed by atoms with Gasteiger partial charge >= 0.3 is 12.1 Å². The number of aliphatic carboxylic acids is 1. The standard InChI is InChI=1S/C26H24N2O5/c1-2-7-22(23(29)28-13-16-12-26(16,15-28)24(30)31)27-25(32)33-14-21-19-10-5-3-8-17(19)18-9-4-6-11-20(18)21/h1,3-6,8-11,16,21-22H,7,12-15H2,(H,27,32)(H,30,31). The van der Waals surface area contributed by atoms with Gasteiger partial charge in [0.2, 0.25) is 5.91 Å². The zero-order valence-corrected chi connectivity index (χ0v) is 18.0. The van der Waals surface area contributed by atoms with E-state index < -0.39 is 23.5 Å². The normalized spacial score (nSPS) is 23.0. The van der Waals surface area contributed by atoms with E-state index in [-0.39, 0.29) is 37.3 Å². The second-order valence-corrected chi connectivity index (χ2v) is 9.01. The van der Waals surface area contributed by atoms with E-state index in [4.69, 9.17) is 11.2 Å². The highest BCUT2D eigenvalue weighted by molar-refractivity contribution is 5.89. The van der Waals surface area contributed by atoms with Crippen LogP contribution in [-0.2, 0) is 14.3 Å². The van der Waals surface area contributed by atoms with Gasteiger partial charge in [0.1, 0.15) is 12.6 Å². The number of nitrogens with zero attached hydrogens (tertiary/aromatic N) is 1. The molecule has 7 nitrogen and oxygen atoms in total. The third-order valence-electron chi connectivity index (χ3n) is 7.14. The van der Waals surface area contributed by atoms with E-state index in [9.17, 15) is 19.5 Å². The minimum atomic E-state index is -0.950.